The summed E-state index contributed by atoms with van der Waals surface area (Å²) in [5, 5.41) is 3.37. The lowest BCUT2D eigenvalue weighted by Gasteiger charge is -2.19. The second-order valence-electron chi connectivity index (χ2n) is 6.19. The Bertz CT molecular complexity index is 856. The number of hydrogen-bond donors (Lipinski definition) is 3. The van der Waals surface area contributed by atoms with Crippen molar-refractivity contribution in [2.45, 2.75) is 12.8 Å². The molecule has 5 heteroatoms. The van der Waals surface area contributed by atoms with Crippen molar-refractivity contribution >= 4 is 28.9 Å². The highest BCUT2D eigenvalue weighted by atomic mass is 32.1. The summed E-state index contributed by atoms with van der Waals surface area (Å²) in [5.41, 5.74) is 9.36. The third-order valence-corrected chi connectivity index (χ3v) is 4.34. The minimum atomic E-state index is -0.429. The highest BCUT2D eigenvalue weighted by molar-refractivity contribution is 7.80. The normalized spacial score (nSPS) is 10.3. The van der Waals surface area contributed by atoms with Crippen LogP contribution >= 0.6 is 12.2 Å². The van der Waals surface area contributed by atoms with Crippen LogP contribution in [0.25, 0.3) is 0 Å². The zero-order valence-corrected chi connectivity index (χ0v) is 15.8. The first-order chi connectivity index (χ1) is 13.1. The lowest BCUT2D eigenvalue weighted by Crippen LogP contribution is -2.45. The number of hydrazine groups is 1. The van der Waals surface area contributed by atoms with Crippen molar-refractivity contribution < 1.29 is 4.79 Å². The second kappa shape index (κ2) is 8.96. The van der Waals surface area contributed by atoms with Gasteiger partial charge in [-0.05, 0) is 42.4 Å². The molecular weight excluding hydrogens is 354 g/mol. The first-order valence-corrected chi connectivity index (χ1v) is 9.08. The molecule has 0 radical (unpaired) electrons. The number of amides is 1. The van der Waals surface area contributed by atoms with Crippen LogP contribution in [0, 0.1) is 6.92 Å². The number of rotatable bonds is 4. The van der Waals surface area contributed by atoms with Crippen LogP contribution in [0.5, 0.6) is 0 Å². The molecule has 136 valence electrons. The second-order valence-corrected chi connectivity index (χ2v) is 6.60. The molecule has 27 heavy (non-hydrogen) atoms. The molecular formula is C22H21N3OS. The lowest BCUT2D eigenvalue weighted by molar-refractivity contribution is -0.122. The predicted molar refractivity (Wildman–Crippen MR) is 113 cm³/mol. The van der Waals surface area contributed by atoms with Crippen LogP contribution in [0.3, 0.4) is 0 Å². The molecule has 0 saturated heterocycles. The van der Waals surface area contributed by atoms with Crippen molar-refractivity contribution in [3.05, 3.63) is 102 Å². The molecule has 4 nitrogen and oxygen atoms in total. The van der Waals surface area contributed by atoms with E-state index in [-0.39, 0.29) is 5.91 Å². The Kier molecular flexibility index (Phi) is 6.18. The molecule has 0 aliphatic heterocycles. The number of carbonyl (C=O) groups excluding carboxylic acids is 1. The summed E-state index contributed by atoms with van der Waals surface area (Å²) in [6, 6.07) is 27.2. The highest BCUT2D eigenvalue weighted by Crippen LogP contribution is 2.24. The fourth-order valence-electron chi connectivity index (χ4n) is 2.78. The molecule has 3 aromatic rings. The van der Waals surface area contributed by atoms with Crippen molar-refractivity contribution in [2.75, 3.05) is 5.32 Å². The summed E-state index contributed by atoms with van der Waals surface area (Å²) >= 11 is 5.27. The van der Waals surface area contributed by atoms with E-state index in [1.165, 1.54) is 5.56 Å². The van der Waals surface area contributed by atoms with Crippen LogP contribution in [-0.2, 0) is 4.79 Å². The van der Waals surface area contributed by atoms with E-state index in [0.717, 1.165) is 16.8 Å². The van der Waals surface area contributed by atoms with E-state index >= 15 is 0 Å². The molecule has 0 atom stereocenters. The summed E-state index contributed by atoms with van der Waals surface area (Å²) in [4.78, 5) is 12.9. The molecule has 1 amide bonds. The molecule has 0 aromatic heterocycles. The number of carbonyl (C=O) groups is 1. The SMILES string of the molecule is Cc1ccc(NC(=S)NNC(=O)C(c2ccccc2)c2ccccc2)cc1. The number of hydrogen-bond acceptors (Lipinski definition) is 2. The van der Waals surface area contributed by atoms with E-state index in [9.17, 15) is 4.79 Å². The maximum Gasteiger partial charge on any atom is 0.250 e. The monoisotopic (exact) mass is 375 g/mol. The van der Waals surface area contributed by atoms with Gasteiger partial charge >= 0.3 is 0 Å². The van der Waals surface area contributed by atoms with E-state index in [0.29, 0.717) is 5.11 Å². The molecule has 0 fully saturated rings. The molecule has 0 unspecified atom stereocenters. The Morgan fingerprint density at radius 3 is 1.81 bits per heavy atom. The molecule has 3 N–H and O–H groups in total. The first-order valence-electron chi connectivity index (χ1n) is 8.67. The van der Waals surface area contributed by atoms with Crippen molar-refractivity contribution in [1.82, 2.24) is 10.9 Å². The number of thiocarbonyl (C=S) groups is 1. The number of nitrogens with one attached hydrogen (secondary N) is 3. The van der Waals surface area contributed by atoms with Gasteiger partial charge in [-0.15, -0.1) is 0 Å². The van der Waals surface area contributed by atoms with Crippen LogP contribution < -0.4 is 16.2 Å². The molecule has 0 heterocycles. The molecule has 0 aliphatic rings. The van der Waals surface area contributed by atoms with Crippen LogP contribution in [0.4, 0.5) is 5.69 Å². The average molecular weight is 375 g/mol. The molecule has 0 saturated carbocycles. The van der Waals surface area contributed by atoms with Gasteiger partial charge in [-0.1, -0.05) is 78.4 Å². The fourth-order valence-corrected chi connectivity index (χ4v) is 2.94. The van der Waals surface area contributed by atoms with Crippen molar-refractivity contribution in [3.8, 4) is 0 Å². The Hall–Kier alpha value is -3.18. The number of anilines is 1. The van der Waals surface area contributed by atoms with Gasteiger partial charge in [0.25, 0.3) is 0 Å². The van der Waals surface area contributed by atoms with E-state index in [2.05, 4.69) is 16.2 Å². The molecule has 0 spiro atoms. The van der Waals surface area contributed by atoms with Gasteiger partial charge in [-0.2, -0.15) is 0 Å². The molecule has 3 aromatic carbocycles. The van der Waals surface area contributed by atoms with Crippen LogP contribution in [0.1, 0.15) is 22.6 Å². The predicted octanol–water partition coefficient (Wildman–Crippen LogP) is 4.14. The van der Waals surface area contributed by atoms with E-state index in [4.69, 9.17) is 12.2 Å². The first kappa shape index (κ1) is 18.6. The van der Waals surface area contributed by atoms with Gasteiger partial charge in [0, 0.05) is 5.69 Å². The smallest absolute Gasteiger partial charge is 0.250 e. The van der Waals surface area contributed by atoms with Gasteiger partial charge in [0.2, 0.25) is 5.91 Å². The Labute approximate surface area is 164 Å². The van der Waals surface area contributed by atoms with E-state index in [1.807, 2.05) is 91.9 Å². The van der Waals surface area contributed by atoms with Gasteiger partial charge in [-0.25, -0.2) is 0 Å². The average Bonchev–Trinajstić information content (AvgIpc) is 2.70. The van der Waals surface area contributed by atoms with Crippen LogP contribution in [0.2, 0.25) is 0 Å². The third-order valence-electron chi connectivity index (χ3n) is 4.14. The Morgan fingerprint density at radius 1 is 0.778 bits per heavy atom. The maximum atomic E-state index is 12.9. The highest BCUT2D eigenvalue weighted by Gasteiger charge is 2.22. The molecule has 3 rings (SSSR count). The van der Waals surface area contributed by atoms with Gasteiger partial charge in [-0.3, -0.25) is 15.6 Å². The van der Waals surface area contributed by atoms with Crippen molar-refractivity contribution in [2.24, 2.45) is 0 Å². The van der Waals surface area contributed by atoms with Gasteiger partial charge < -0.3 is 5.32 Å². The van der Waals surface area contributed by atoms with Gasteiger partial charge in [0.1, 0.15) is 0 Å². The minimum Gasteiger partial charge on any atom is -0.331 e. The van der Waals surface area contributed by atoms with Crippen LogP contribution in [-0.4, -0.2) is 11.0 Å². The fraction of sp³-hybridized carbons (Fsp3) is 0.0909. The topological polar surface area (TPSA) is 53.2 Å². The Balaban J connectivity index is 1.68. The lowest BCUT2D eigenvalue weighted by atomic mass is 9.91. The van der Waals surface area contributed by atoms with Gasteiger partial charge in [0.15, 0.2) is 5.11 Å². The summed E-state index contributed by atoms with van der Waals surface area (Å²) in [5.74, 6) is -0.609. The molecule has 0 aliphatic carbocycles. The van der Waals surface area contributed by atoms with E-state index < -0.39 is 5.92 Å². The maximum absolute atomic E-state index is 12.9. The standard InChI is InChI=1S/C22H21N3OS/c1-16-12-14-19(15-13-16)23-22(27)25-24-21(26)20(17-8-4-2-5-9-17)18-10-6-3-7-11-18/h2-15,20H,1H3,(H,24,26)(H2,23,25,27). The summed E-state index contributed by atoms with van der Waals surface area (Å²) in [6.45, 7) is 2.02. The summed E-state index contributed by atoms with van der Waals surface area (Å²) in [6.07, 6.45) is 0. The number of aryl methyl sites for hydroxylation is 1. The minimum absolute atomic E-state index is 0.180. The van der Waals surface area contributed by atoms with Crippen LogP contribution in [0.15, 0.2) is 84.9 Å². The van der Waals surface area contributed by atoms with Crippen molar-refractivity contribution in [1.29, 1.82) is 0 Å². The summed E-state index contributed by atoms with van der Waals surface area (Å²) < 4.78 is 0. The summed E-state index contributed by atoms with van der Waals surface area (Å²) in [7, 11) is 0. The van der Waals surface area contributed by atoms with Gasteiger partial charge in [0.05, 0.1) is 5.92 Å². The molecule has 0 bridgehead atoms. The Morgan fingerprint density at radius 2 is 1.30 bits per heavy atom. The zero-order valence-electron chi connectivity index (χ0n) is 15.0. The third kappa shape index (κ3) is 5.15. The largest absolute Gasteiger partial charge is 0.331 e. The number of benzene rings is 3. The zero-order chi connectivity index (χ0) is 19.1. The van der Waals surface area contributed by atoms with Crippen molar-refractivity contribution in [3.63, 3.8) is 0 Å². The van der Waals surface area contributed by atoms with E-state index in [1.54, 1.807) is 0 Å². The quantitative estimate of drug-likeness (QED) is 0.474.